The fourth-order valence-corrected chi connectivity index (χ4v) is 2.37. The number of carbonyl (C=O) groups is 2. The van der Waals surface area contributed by atoms with Crippen LogP contribution >= 0.6 is 11.6 Å². The highest BCUT2D eigenvalue weighted by molar-refractivity contribution is 6.30. The normalized spacial score (nSPS) is 15.2. The van der Waals surface area contributed by atoms with Gasteiger partial charge in [0.2, 0.25) is 5.90 Å². The Hall–Kier alpha value is -3.18. The Morgan fingerprint density at radius 3 is 2.62 bits per heavy atom. The van der Waals surface area contributed by atoms with Crippen LogP contribution in [0.3, 0.4) is 0 Å². The van der Waals surface area contributed by atoms with Crippen LogP contribution in [0.1, 0.15) is 18.1 Å². The van der Waals surface area contributed by atoms with Gasteiger partial charge in [-0.1, -0.05) is 35.9 Å². The molecule has 6 heteroatoms. The summed E-state index contributed by atoms with van der Waals surface area (Å²) in [7, 11) is 0. The second kappa shape index (κ2) is 7.80. The maximum atomic E-state index is 12.1. The zero-order valence-corrected chi connectivity index (χ0v) is 14.6. The lowest BCUT2D eigenvalue weighted by Gasteiger charge is -2.05. The van der Waals surface area contributed by atoms with Crippen LogP contribution in [0.5, 0.6) is 5.75 Å². The molecule has 0 amide bonds. The van der Waals surface area contributed by atoms with Crippen LogP contribution in [0.15, 0.2) is 71.4 Å². The van der Waals surface area contributed by atoms with Crippen molar-refractivity contribution in [2.24, 2.45) is 4.99 Å². The molecular formula is C20H14ClNO4. The first-order valence-electron chi connectivity index (χ1n) is 7.79. The van der Waals surface area contributed by atoms with Gasteiger partial charge >= 0.3 is 11.9 Å². The van der Waals surface area contributed by atoms with Crippen LogP contribution < -0.4 is 4.74 Å². The molecule has 0 atom stereocenters. The van der Waals surface area contributed by atoms with Gasteiger partial charge in [-0.25, -0.2) is 14.6 Å². The van der Waals surface area contributed by atoms with E-state index >= 15 is 0 Å². The lowest BCUT2D eigenvalue weighted by atomic mass is 10.1. The number of aliphatic imine (C=N–C) groups is 1. The second-order valence-electron chi connectivity index (χ2n) is 5.30. The average Bonchev–Trinajstić information content (AvgIpc) is 2.98. The van der Waals surface area contributed by atoms with Crippen molar-refractivity contribution >= 4 is 35.5 Å². The molecule has 26 heavy (non-hydrogen) atoms. The molecule has 0 unspecified atom stereocenters. The van der Waals surface area contributed by atoms with Crippen LogP contribution in [0.25, 0.3) is 6.08 Å². The first-order chi connectivity index (χ1) is 12.6. The first-order valence-corrected chi connectivity index (χ1v) is 8.16. The molecule has 130 valence electrons. The summed E-state index contributed by atoms with van der Waals surface area (Å²) < 4.78 is 10.5. The molecule has 1 aliphatic heterocycles. The van der Waals surface area contributed by atoms with Crippen LogP contribution in [0.2, 0.25) is 5.02 Å². The minimum Gasteiger partial charge on any atom is -0.423 e. The molecule has 5 nitrogen and oxygen atoms in total. The van der Waals surface area contributed by atoms with Crippen molar-refractivity contribution in [3.05, 3.63) is 82.5 Å². The number of esters is 2. The van der Waals surface area contributed by atoms with Gasteiger partial charge in [0.15, 0.2) is 5.70 Å². The average molecular weight is 368 g/mol. The molecular weight excluding hydrogens is 354 g/mol. The Bertz CT molecular complexity index is 943. The predicted octanol–water partition coefficient (Wildman–Crippen LogP) is 4.17. The van der Waals surface area contributed by atoms with Crippen molar-refractivity contribution in [2.75, 3.05) is 0 Å². The van der Waals surface area contributed by atoms with Gasteiger partial charge in [0.05, 0.1) is 0 Å². The first kappa shape index (κ1) is 17.6. The van der Waals surface area contributed by atoms with Crippen LogP contribution in [-0.4, -0.2) is 17.8 Å². The van der Waals surface area contributed by atoms with Crippen molar-refractivity contribution in [1.82, 2.24) is 0 Å². The summed E-state index contributed by atoms with van der Waals surface area (Å²) in [5.74, 6) is -0.561. The monoisotopic (exact) mass is 367 g/mol. The molecule has 0 bridgehead atoms. The maximum absolute atomic E-state index is 12.1. The van der Waals surface area contributed by atoms with E-state index < -0.39 is 11.9 Å². The van der Waals surface area contributed by atoms with E-state index in [1.807, 2.05) is 0 Å². The minimum atomic E-state index is -0.579. The number of para-hydroxylation sites is 1. The minimum absolute atomic E-state index is 0.115. The summed E-state index contributed by atoms with van der Waals surface area (Å²) in [5, 5.41) is 0.575. The summed E-state index contributed by atoms with van der Waals surface area (Å²) in [5.41, 5.74) is 1.29. The Morgan fingerprint density at radius 2 is 1.88 bits per heavy atom. The Balaban J connectivity index is 1.91. The zero-order valence-electron chi connectivity index (χ0n) is 13.8. The molecule has 2 aromatic rings. The third-order valence-corrected chi connectivity index (χ3v) is 3.69. The van der Waals surface area contributed by atoms with Crippen LogP contribution in [0, 0.1) is 0 Å². The fraction of sp³-hybridized carbons (Fsp3) is 0.0500. The lowest BCUT2D eigenvalue weighted by molar-refractivity contribution is -0.130. The number of nitrogens with zero attached hydrogens (tertiary/aromatic N) is 1. The summed E-state index contributed by atoms with van der Waals surface area (Å²) in [6, 6.07) is 13.6. The van der Waals surface area contributed by atoms with Gasteiger partial charge in [-0.15, -0.1) is 0 Å². The number of rotatable bonds is 4. The van der Waals surface area contributed by atoms with E-state index in [0.29, 0.717) is 21.9 Å². The van der Waals surface area contributed by atoms with Crippen molar-refractivity contribution in [1.29, 1.82) is 0 Å². The smallest absolute Gasteiger partial charge is 0.363 e. The Morgan fingerprint density at radius 1 is 1.15 bits per heavy atom. The van der Waals surface area contributed by atoms with Crippen molar-refractivity contribution in [3.8, 4) is 5.75 Å². The number of carbonyl (C=O) groups excluding carboxylic acids is 2. The lowest BCUT2D eigenvalue weighted by Crippen LogP contribution is -2.06. The van der Waals surface area contributed by atoms with Gasteiger partial charge in [0, 0.05) is 22.2 Å². The zero-order chi connectivity index (χ0) is 18.5. The molecule has 0 aromatic heterocycles. The Kier molecular flexibility index (Phi) is 5.29. The quantitative estimate of drug-likeness (QED) is 0.462. The number of cyclic esters (lactones) is 1. The highest BCUT2D eigenvalue weighted by Crippen LogP contribution is 2.25. The predicted molar refractivity (Wildman–Crippen MR) is 98.9 cm³/mol. The molecule has 2 aromatic carbocycles. The largest absolute Gasteiger partial charge is 0.423 e. The summed E-state index contributed by atoms with van der Waals surface area (Å²) in [6.07, 6.45) is 4.41. The van der Waals surface area contributed by atoms with E-state index in [9.17, 15) is 9.59 Å². The van der Waals surface area contributed by atoms with Crippen molar-refractivity contribution < 1.29 is 19.1 Å². The van der Waals surface area contributed by atoms with Crippen LogP contribution in [-0.2, 0) is 14.3 Å². The van der Waals surface area contributed by atoms with E-state index in [4.69, 9.17) is 21.1 Å². The maximum Gasteiger partial charge on any atom is 0.363 e. The molecule has 3 rings (SSSR count). The number of halogens is 1. The summed E-state index contributed by atoms with van der Waals surface area (Å²) >= 11 is 5.86. The van der Waals surface area contributed by atoms with E-state index in [-0.39, 0.29) is 11.6 Å². The molecule has 0 N–H and O–H groups in total. The third-order valence-electron chi connectivity index (χ3n) is 3.44. The number of allylic oxidation sites excluding steroid dienone is 1. The van der Waals surface area contributed by atoms with Gasteiger partial charge in [0.25, 0.3) is 0 Å². The molecule has 0 saturated carbocycles. The molecule has 0 spiro atoms. The van der Waals surface area contributed by atoms with Crippen molar-refractivity contribution in [3.63, 3.8) is 0 Å². The molecule has 0 fully saturated rings. The van der Waals surface area contributed by atoms with E-state index in [1.54, 1.807) is 61.5 Å². The van der Waals surface area contributed by atoms with E-state index in [0.717, 1.165) is 0 Å². The van der Waals surface area contributed by atoms with Crippen molar-refractivity contribution in [2.45, 2.75) is 6.92 Å². The third kappa shape index (κ3) is 4.07. The topological polar surface area (TPSA) is 65.0 Å². The van der Waals surface area contributed by atoms with Gasteiger partial charge in [-0.05, 0) is 43.3 Å². The standard InChI is InChI=1S/C20H14ClNO4/c1-2-5-18(23)25-17-7-4-3-6-14(17)12-16-20(24)26-19(22-16)13-8-10-15(21)11-9-13/h2-12H,1H3. The molecule has 1 heterocycles. The van der Waals surface area contributed by atoms with E-state index in [1.165, 1.54) is 12.2 Å². The highest BCUT2D eigenvalue weighted by Gasteiger charge is 2.24. The van der Waals surface area contributed by atoms with Gasteiger partial charge < -0.3 is 9.47 Å². The summed E-state index contributed by atoms with van der Waals surface area (Å²) in [4.78, 5) is 28.0. The summed E-state index contributed by atoms with van der Waals surface area (Å²) in [6.45, 7) is 1.72. The van der Waals surface area contributed by atoms with Gasteiger partial charge in [0.1, 0.15) is 5.75 Å². The number of hydrogen-bond donors (Lipinski definition) is 0. The molecule has 1 aliphatic rings. The SMILES string of the molecule is CC=CC(=O)Oc1ccccc1C=C1N=C(c2ccc(Cl)cc2)OC1=O. The van der Waals surface area contributed by atoms with Gasteiger partial charge in [-0.2, -0.15) is 0 Å². The second-order valence-corrected chi connectivity index (χ2v) is 5.74. The molecule has 0 saturated heterocycles. The highest BCUT2D eigenvalue weighted by atomic mass is 35.5. The Labute approximate surface area is 155 Å². The molecule has 0 aliphatic carbocycles. The van der Waals surface area contributed by atoms with Gasteiger partial charge in [-0.3, -0.25) is 0 Å². The number of ether oxygens (including phenoxy) is 2. The fourth-order valence-electron chi connectivity index (χ4n) is 2.24. The molecule has 0 radical (unpaired) electrons. The number of hydrogen-bond acceptors (Lipinski definition) is 5. The number of benzene rings is 2. The van der Waals surface area contributed by atoms with Crippen LogP contribution in [0.4, 0.5) is 0 Å². The van der Waals surface area contributed by atoms with E-state index in [2.05, 4.69) is 4.99 Å².